The molecule has 0 aliphatic heterocycles. The summed E-state index contributed by atoms with van der Waals surface area (Å²) in [4.78, 5) is 7.63. The van der Waals surface area contributed by atoms with Crippen molar-refractivity contribution in [2.75, 3.05) is 0 Å². The average Bonchev–Trinajstić information content (AvgIpc) is 3.06. The van der Waals surface area contributed by atoms with Crippen LogP contribution in [0.2, 0.25) is 0 Å². The van der Waals surface area contributed by atoms with Crippen molar-refractivity contribution in [1.29, 1.82) is 0 Å². The Labute approximate surface area is 253 Å². The molecular weight excluding hydrogens is 527 g/mol. The summed E-state index contributed by atoms with van der Waals surface area (Å²) in [5.74, 6) is 0. The van der Waals surface area contributed by atoms with Gasteiger partial charge in [0, 0.05) is 15.5 Å². The minimum atomic E-state index is 0.628. The number of nitrogens with zero attached hydrogens (tertiary/aromatic N) is 1. The lowest BCUT2D eigenvalue weighted by Gasteiger charge is -2.14. The van der Waals surface area contributed by atoms with Crippen LogP contribution >= 0.6 is 11.8 Å². The zero-order valence-corrected chi connectivity index (χ0v) is 24.8. The van der Waals surface area contributed by atoms with Crippen molar-refractivity contribution < 1.29 is 0 Å². The molecule has 0 fully saturated rings. The SMILES string of the molecule is CC(=NCc1cccc(-c2cccc(C)c2Sc2ccccc2)c1)c1cc(-c2ccccc2)cc(-c2ccccc2)c1. The van der Waals surface area contributed by atoms with Gasteiger partial charge in [-0.2, -0.15) is 0 Å². The second-order valence-electron chi connectivity index (χ2n) is 10.5. The topological polar surface area (TPSA) is 12.4 Å². The molecule has 1 nitrogen and oxygen atoms in total. The van der Waals surface area contributed by atoms with Gasteiger partial charge in [-0.05, 0) is 100 Å². The van der Waals surface area contributed by atoms with Crippen LogP contribution in [0.15, 0.2) is 166 Å². The molecule has 0 bridgehead atoms. The Hall–Kier alpha value is -4.66. The van der Waals surface area contributed by atoms with E-state index < -0.39 is 0 Å². The number of hydrogen-bond donors (Lipinski definition) is 0. The number of benzene rings is 6. The number of hydrogen-bond acceptors (Lipinski definition) is 2. The summed E-state index contributed by atoms with van der Waals surface area (Å²) < 4.78 is 0. The lowest BCUT2D eigenvalue weighted by atomic mass is 9.95. The van der Waals surface area contributed by atoms with Crippen LogP contribution in [0.4, 0.5) is 0 Å². The molecule has 6 aromatic carbocycles. The second kappa shape index (κ2) is 12.9. The highest BCUT2D eigenvalue weighted by atomic mass is 32.2. The molecule has 0 aliphatic rings. The van der Waals surface area contributed by atoms with E-state index in [9.17, 15) is 0 Å². The molecule has 0 unspecified atom stereocenters. The molecule has 0 aromatic heterocycles. The van der Waals surface area contributed by atoms with E-state index in [4.69, 9.17) is 4.99 Å². The summed E-state index contributed by atoms with van der Waals surface area (Å²) in [5, 5.41) is 0. The van der Waals surface area contributed by atoms with E-state index in [2.05, 4.69) is 166 Å². The molecule has 42 heavy (non-hydrogen) atoms. The van der Waals surface area contributed by atoms with Gasteiger partial charge < -0.3 is 0 Å². The monoisotopic (exact) mass is 559 g/mol. The largest absolute Gasteiger partial charge is 0.285 e. The first-order chi connectivity index (χ1) is 20.6. The van der Waals surface area contributed by atoms with Crippen molar-refractivity contribution in [2.45, 2.75) is 30.2 Å². The van der Waals surface area contributed by atoms with Gasteiger partial charge in [-0.1, -0.05) is 127 Å². The minimum absolute atomic E-state index is 0.628. The molecule has 0 spiro atoms. The molecule has 0 aliphatic carbocycles. The fourth-order valence-electron chi connectivity index (χ4n) is 5.19. The highest BCUT2D eigenvalue weighted by Gasteiger charge is 2.11. The van der Waals surface area contributed by atoms with Crippen LogP contribution in [0, 0.1) is 6.92 Å². The summed E-state index contributed by atoms with van der Waals surface area (Å²) in [6.45, 7) is 4.94. The summed E-state index contributed by atoms with van der Waals surface area (Å²) >= 11 is 1.83. The predicted molar refractivity (Wildman–Crippen MR) is 180 cm³/mol. The number of aliphatic imine (C=N–C) groups is 1. The van der Waals surface area contributed by atoms with Crippen molar-refractivity contribution in [1.82, 2.24) is 0 Å². The summed E-state index contributed by atoms with van der Waals surface area (Å²) in [7, 11) is 0. The maximum atomic E-state index is 5.09. The molecule has 0 saturated carbocycles. The minimum Gasteiger partial charge on any atom is -0.285 e. The molecule has 0 N–H and O–H groups in total. The van der Waals surface area contributed by atoms with Gasteiger partial charge in [0.2, 0.25) is 0 Å². The molecule has 0 amide bonds. The maximum Gasteiger partial charge on any atom is 0.0643 e. The van der Waals surface area contributed by atoms with Gasteiger partial charge in [0.05, 0.1) is 6.54 Å². The molecule has 204 valence electrons. The van der Waals surface area contributed by atoms with Gasteiger partial charge in [-0.3, -0.25) is 4.99 Å². The fourth-order valence-corrected chi connectivity index (χ4v) is 6.24. The van der Waals surface area contributed by atoms with Gasteiger partial charge in [-0.15, -0.1) is 0 Å². The first kappa shape index (κ1) is 27.5. The highest BCUT2D eigenvalue weighted by molar-refractivity contribution is 7.99. The number of aryl methyl sites for hydroxylation is 1. The number of rotatable bonds is 8. The fraction of sp³-hybridized carbons (Fsp3) is 0.0750. The molecule has 6 aromatic rings. The van der Waals surface area contributed by atoms with Crippen LogP contribution in [0.5, 0.6) is 0 Å². The Morgan fingerprint density at radius 3 is 1.76 bits per heavy atom. The molecule has 0 heterocycles. The third-order valence-corrected chi connectivity index (χ3v) is 8.73. The highest BCUT2D eigenvalue weighted by Crippen LogP contribution is 2.38. The Bertz CT molecular complexity index is 1770. The van der Waals surface area contributed by atoms with Crippen LogP contribution in [0.3, 0.4) is 0 Å². The van der Waals surface area contributed by atoms with Gasteiger partial charge in [0.1, 0.15) is 0 Å². The van der Waals surface area contributed by atoms with Crippen LogP contribution in [-0.4, -0.2) is 5.71 Å². The van der Waals surface area contributed by atoms with Crippen LogP contribution in [0.25, 0.3) is 33.4 Å². The molecular formula is C40H33NS. The third kappa shape index (κ3) is 6.46. The Morgan fingerprint density at radius 1 is 0.548 bits per heavy atom. The van der Waals surface area contributed by atoms with Gasteiger partial charge in [0.25, 0.3) is 0 Å². The van der Waals surface area contributed by atoms with E-state index in [1.807, 2.05) is 11.8 Å². The smallest absolute Gasteiger partial charge is 0.0643 e. The zero-order chi connectivity index (χ0) is 28.7. The Balaban J connectivity index is 1.31. The van der Waals surface area contributed by atoms with Crippen molar-refractivity contribution in [3.8, 4) is 33.4 Å². The van der Waals surface area contributed by atoms with Crippen molar-refractivity contribution in [3.05, 3.63) is 168 Å². The van der Waals surface area contributed by atoms with E-state index in [1.165, 1.54) is 54.3 Å². The lowest BCUT2D eigenvalue weighted by molar-refractivity contribution is 1.06. The van der Waals surface area contributed by atoms with Crippen molar-refractivity contribution in [2.24, 2.45) is 4.99 Å². The molecule has 0 radical (unpaired) electrons. The van der Waals surface area contributed by atoms with Crippen LogP contribution in [-0.2, 0) is 6.54 Å². The zero-order valence-electron chi connectivity index (χ0n) is 24.0. The average molecular weight is 560 g/mol. The van der Waals surface area contributed by atoms with E-state index in [0.717, 1.165) is 11.3 Å². The Morgan fingerprint density at radius 2 is 1.12 bits per heavy atom. The first-order valence-electron chi connectivity index (χ1n) is 14.3. The lowest BCUT2D eigenvalue weighted by Crippen LogP contribution is -1.98. The van der Waals surface area contributed by atoms with E-state index in [1.54, 1.807) is 0 Å². The van der Waals surface area contributed by atoms with E-state index in [-0.39, 0.29) is 0 Å². The summed E-state index contributed by atoms with van der Waals surface area (Å²) in [6.07, 6.45) is 0. The van der Waals surface area contributed by atoms with Crippen molar-refractivity contribution >= 4 is 17.5 Å². The van der Waals surface area contributed by atoms with Gasteiger partial charge >= 0.3 is 0 Å². The van der Waals surface area contributed by atoms with Gasteiger partial charge in [0.15, 0.2) is 0 Å². The Kier molecular flexibility index (Phi) is 8.44. The maximum absolute atomic E-state index is 5.09. The molecule has 0 saturated heterocycles. The van der Waals surface area contributed by atoms with Crippen LogP contribution < -0.4 is 0 Å². The van der Waals surface area contributed by atoms with Crippen LogP contribution in [0.1, 0.15) is 23.6 Å². The predicted octanol–water partition coefficient (Wildman–Crippen LogP) is 11.2. The summed E-state index contributed by atoms with van der Waals surface area (Å²) in [6, 6.07) is 54.0. The van der Waals surface area contributed by atoms with Gasteiger partial charge in [-0.25, -0.2) is 0 Å². The molecule has 0 atom stereocenters. The van der Waals surface area contributed by atoms with Crippen molar-refractivity contribution in [3.63, 3.8) is 0 Å². The normalized spacial score (nSPS) is 11.4. The second-order valence-corrected chi connectivity index (χ2v) is 11.6. The standard InChI is InChI=1S/C40H33NS/c1-29-14-12-23-39(40(29)42-38-21-10-5-11-22-38)34-20-13-15-31(24-34)28-41-30(2)35-25-36(32-16-6-3-7-17-32)27-37(26-35)33-18-8-4-9-19-33/h3-27H,28H2,1-2H3. The quantitative estimate of drug-likeness (QED) is 0.169. The third-order valence-electron chi connectivity index (χ3n) is 7.48. The van der Waals surface area contributed by atoms with E-state index in [0.29, 0.717) is 6.54 Å². The molecule has 6 rings (SSSR count). The first-order valence-corrected chi connectivity index (χ1v) is 15.1. The summed E-state index contributed by atoms with van der Waals surface area (Å²) in [5.41, 5.74) is 12.0. The van der Waals surface area contributed by atoms with E-state index >= 15 is 0 Å². The molecule has 2 heteroatoms.